The summed E-state index contributed by atoms with van der Waals surface area (Å²) in [6.45, 7) is 14.3. The number of unbranched alkanes of at least 4 members (excludes halogenated alkanes) is 4. The molecule has 8 N–H and O–H groups in total. The maximum absolute atomic E-state index is 11.3. The van der Waals surface area contributed by atoms with Crippen LogP contribution in [-0.4, -0.2) is 52.1 Å². The maximum atomic E-state index is 11.3. The molecule has 0 aromatic heterocycles. The van der Waals surface area contributed by atoms with Crippen molar-refractivity contribution in [2.75, 3.05) is 37.6 Å². The number of hydrogen-bond donors (Lipinski definition) is 4. The Morgan fingerprint density at radius 1 is 0.575 bits per heavy atom. The van der Waals surface area contributed by atoms with Crippen LogP contribution in [0.15, 0.2) is 46.2 Å². The Morgan fingerprint density at radius 2 is 0.850 bits per heavy atom. The van der Waals surface area contributed by atoms with Crippen molar-refractivity contribution in [3.8, 4) is 11.1 Å². The van der Waals surface area contributed by atoms with Crippen molar-refractivity contribution < 1.29 is 36.6 Å². The largest absolute Gasteiger partial charge is 0.744 e. The first-order chi connectivity index (χ1) is 18.8. The molecule has 10 nitrogen and oxygen atoms in total. The molecule has 230 valence electrons. The second-order valence-corrected chi connectivity index (χ2v) is 12.3. The molecule has 0 saturated heterocycles. The van der Waals surface area contributed by atoms with Gasteiger partial charge in [-0.1, -0.05) is 65.5 Å². The quantitative estimate of drug-likeness (QED) is 0.135. The average Bonchev–Trinajstić information content (AvgIpc) is 2.88. The van der Waals surface area contributed by atoms with Crippen molar-refractivity contribution in [3.05, 3.63) is 36.4 Å². The van der Waals surface area contributed by atoms with Crippen molar-refractivity contribution in [1.29, 1.82) is 0 Å². The highest BCUT2D eigenvalue weighted by molar-refractivity contribution is 7.86. The fourth-order valence-corrected chi connectivity index (χ4v) is 5.07. The third-order valence-corrected chi connectivity index (χ3v) is 7.64. The molecule has 0 saturated carbocycles. The van der Waals surface area contributed by atoms with E-state index in [0.29, 0.717) is 0 Å². The first-order valence-corrected chi connectivity index (χ1v) is 17.0. The number of benzene rings is 2. The molecule has 0 radical (unpaired) electrons. The number of rotatable bonds is 15. The summed E-state index contributed by atoms with van der Waals surface area (Å²) in [5, 5.41) is 4.85. The summed E-state index contributed by atoms with van der Waals surface area (Å²) in [6.07, 6.45) is 10.9. The smallest absolute Gasteiger partial charge is 0.125 e. The summed E-state index contributed by atoms with van der Waals surface area (Å²) in [6, 6.07) is 6.66. The highest BCUT2D eigenvalue weighted by Crippen LogP contribution is 2.34. The summed E-state index contributed by atoms with van der Waals surface area (Å²) in [5.74, 6) is 0. The minimum absolute atomic E-state index is 0.000139. The minimum atomic E-state index is -4.93. The Bertz CT molecular complexity index is 1080. The monoisotopic (exact) mass is 602 g/mol. The van der Waals surface area contributed by atoms with E-state index < -0.39 is 30.0 Å². The molecule has 0 aliphatic carbocycles. The van der Waals surface area contributed by atoms with Gasteiger partial charge in [0.1, 0.15) is 20.2 Å². The van der Waals surface area contributed by atoms with Crippen molar-refractivity contribution in [3.63, 3.8) is 0 Å². The van der Waals surface area contributed by atoms with E-state index in [9.17, 15) is 25.9 Å². The van der Waals surface area contributed by atoms with Crippen LogP contribution in [0.25, 0.3) is 11.1 Å². The lowest BCUT2D eigenvalue weighted by atomic mass is 10.0. The number of nitrogens with two attached hydrogens (primary N) is 4. The number of quaternary nitrogens is 2. The van der Waals surface area contributed by atoms with Crippen molar-refractivity contribution >= 4 is 31.6 Å². The average molecular weight is 603 g/mol. The zero-order chi connectivity index (χ0) is 30.6. The predicted molar refractivity (Wildman–Crippen MR) is 160 cm³/mol. The van der Waals surface area contributed by atoms with Gasteiger partial charge in [0.05, 0.1) is 36.0 Å². The van der Waals surface area contributed by atoms with Gasteiger partial charge in [0.25, 0.3) is 0 Å². The first-order valence-electron chi connectivity index (χ1n) is 14.2. The molecule has 2 aromatic rings. The van der Waals surface area contributed by atoms with E-state index in [1.54, 1.807) is 0 Å². The molecule has 40 heavy (non-hydrogen) atoms. The minimum Gasteiger partial charge on any atom is -0.744 e. The van der Waals surface area contributed by atoms with E-state index in [2.05, 4.69) is 38.3 Å². The fraction of sp³-hybridized carbons (Fsp3) is 0.571. The maximum Gasteiger partial charge on any atom is 0.125 e. The van der Waals surface area contributed by atoms with Crippen LogP contribution < -0.4 is 22.1 Å². The second kappa shape index (κ2) is 20.6. The molecule has 0 bridgehead atoms. The lowest BCUT2D eigenvalue weighted by Gasteiger charge is -2.18. The van der Waals surface area contributed by atoms with E-state index in [0.717, 1.165) is 24.3 Å². The van der Waals surface area contributed by atoms with Crippen LogP contribution in [0.3, 0.4) is 0 Å². The molecule has 0 heterocycles. The van der Waals surface area contributed by atoms with E-state index in [1.165, 1.54) is 89.7 Å². The normalized spacial score (nSPS) is 11.2. The summed E-state index contributed by atoms with van der Waals surface area (Å²) in [4.78, 5) is -1.44. The molecule has 0 amide bonds. The van der Waals surface area contributed by atoms with E-state index in [1.807, 2.05) is 0 Å². The van der Waals surface area contributed by atoms with E-state index >= 15 is 0 Å². The number of nitrogen functional groups attached to an aromatic ring is 2. The van der Waals surface area contributed by atoms with Crippen molar-refractivity contribution in [1.82, 2.24) is 0 Å². The summed E-state index contributed by atoms with van der Waals surface area (Å²) in [5.41, 5.74) is 10.4. The third-order valence-electron chi connectivity index (χ3n) is 5.89. The van der Waals surface area contributed by atoms with Gasteiger partial charge in [-0.25, -0.2) is 16.8 Å². The van der Waals surface area contributed by atoms with Crippen molar-refractivity contribution in [2.24, 2.45) is 0 Å². The Morgan fingerprint density at radius 3 is 1.07 bits per heavy atom. The lowest BCUT2D eigenvalue weighted by Crippen LogP contribution is -2.84. The number of hydrogen-bond acceptors (Lipinski definition) is 8. The topological polar surface area (TPSA) is 200 Å². The van der Waals surface area contributed by atoms with Crippen LogP contribution in [0, 0.1) is 0 Å². The zero-order valence-electron chi connectivity index (χ0n) is 24.5. The molecule has 0 fully saturated rings. The van der Waals surface area contributed by atoms with Gasteiger partial charge in [-0.3, -0.25) is 0 Å². The van der Waals surface area contributed by atoms with Crippen LogP contribution >= 0.6 is 0 Å². The van der Waals surface area contributed by atoms with Gasteiger partial charge in [-0.15, -0.1) is 0 Å². The summed E-state index contributed by atoms with van der Waals surface area (Å²) in [7, 11) is -9.87. The highest BCUT2D eigenvalue weighted by atomic mass is 32.2. The molecule has 0 unspecified atom stereocenters. The van der Waals surface area contributed by atoms with E-state index in [-0.39, 0.29) is 22.5 Å². The third kappa shape index (κ3) is 16.1. The van der Waals surface area contributed by atoms with Crippen LogP contribution in [-0.2, 0) is 20.2 Å². The number of anilines is 2. The summed E-state index contributed by atoms with van der Waals surface area (Å²) >= 11 is 0. The standard InChI is InChI=1S/C12H12N2O6S2.2C8H19N/c13-7-1-3-9(11(5-7)21(15,16)17)10-4-2-8(14)6-12(10)22(18,19)20;2*1-3-5-7-9-8-6-4-2/h1-6H,13-14H2,(H,15,16,17)(H,18,19,20);2*9H,3-8H2,1-2H3. The van der Waals surface area contributed by atoms with Gasteiger partial charge < -0.3 is 31.2 Å². The van der Waals surface area contributed by atoms with Crippen LogP contribution in [0.5, 0.6) is 0 Å². The molecule has 12 heteroatoms. The molecule has 0 aliphatic rings. The molecule has 2 aromatic carbocycles. The zero-order valence-corrected chi connectivity index (χ0v) is 26.2. The van der Waals surface area contributed by atoms with Gasteiger partial charge in [0, 0.05) is 22.5 Å². The van der Waals surface area contributed by atoms with Crippen LogP contribution in [0.1, 0.15) is 79.1 Å². The van der Waals surface area contributed by atoms with Gasteiger partial charge >= 0.3 is 0 Å². The lowest BCUT2D eigenvalue weighted by molar-refractivity contribution is -0.655. The summed E-state index contributed by atoms with van der Waals surface area (Å²) < 4.78 is 68.1. The van der Waals surface area contributed by atoms with Gasteiger partial charge in [-0.05, 0) is 49.9 Å². The molecule has 2 rings (SSSR count). The Balaban J connectivity index is 0.000000700. The van der Waals surface area contributed by atoms with Gasteiger partial charge in [0.2, 0.25) is 0 Å². The fourth-order valence-electron chi connectivity index (χ4n) is 3.62. The molecule has 0 spiro atoms. The van der Waals surface area contributed by atoms with E-state index in [4.69, 9.17) is 11.5 Å². The first kappa shape index (κ1) is 37.8. The van der Waals surface area contributed by atoms with Gasteiger partial charge in [0.15, 0.2) is 0 Å². The van der Waals surface area contributed by atoms with Gasteiger partial charge in [-0.2, -0.15) is 0 Å². The SMILES string of the molecule is CCCC[NH2+]CCCC.CCCC[NH2+]CCCC.Nc1ccc(-c2ccc(N)cc2S(=O)(=O)[O-])c(S(=O)(=O)[O-])c1. The Labute approximate surface area is 241 Å². The molecular formula is C28H50N4O6S2. The predicted octanol–water partition coefficient (Wildman–Crippen LogP) is 2.63. The van der Waals surface area contributed by atoms with Crippen molar-refractivity contribution in [2.45, 2.75) is 88.9 Å². The van der Waals surface area contributed by atoms with Crippen LogP contribution in [0.4, 0.5) is 11.4 Å². The van der Waals surface area contributed by atoms with Crippen LogP contribution in [0.2, 0.25) is 0 Å². The molecule has 0 atom stereocenters. The second-order valence-electron chi connectivity index (χ2n) is 9.57. The highest BCUT2D eigenvalue weighted by Gasteiger charge is 2.17. The Hall–Kier alpha value is -2.22. The molecule has 0 aliphatic heterocycles. The Kier molecular flexibility index (Phi) is 19.5. The molecular weight excluding hydrogens is 552 g/mol.